The molecule has 0 fully saturated rings. The van der Waals surface area contributed by atoms with Crippen molar-refractivity contribution in [2.45, 2.75) is 19.5 Å². The van der Waals surface area contributed by atoms with Crippen molar-refractivity contribution in [3.63, 3.8) is 0 Å². The molecule has 3 nitrogen and oxygen atoms in total. The Morgan fingerprint density at radius 1 is 1.25 bits per heavy atom. The molecule has 0 saturated carbocycles. The predicted octanol–water partition coefficient (Wildman–Crippen LogP) is 5.28. The van der Waals surface area contributed by atoms with E-state index in [-0.39, 0.29) is 10.6 Å². The smallest absolute Gasteiger partial charge is 0.431 e. The van der Waals surface area contributed by atoms with Crippen molar-refractivity contribution >= 4 is 27.5 Å². The summed E-state index contributed by atoms with van der Waals surface area (Å²) in [6.45, 7) is 2.40. The van der Waals surface area contributed by atoms with E-state index in [2.05, 4.69) is 15.9 Å². The number of hydrogen-bond donors (Lipinski definition) is 0. The first kappa shape index (κ1) is 18.9. The zero-order valence-corrected chi connectivity index (χ0v) is 15.2. The van der Waals surface area contributed by atoms with Gasteiger partial charge in [0.05, 0.1) is 11.1 Å². The molecule has 0 bridgehead atoms. The monoisotopic (exact) mass is 423 g/mol. The van der Waals surface area contributed by atoms with Crippen LogP contribution in [0.5, 0.6) is 5.75 Å². The van der Waals surface area contributed by atoms with Crippen LogP contribution in [0, 0.1) is 0 Å². The Morgan fingerprint density at radius 3 is 2.50 bits per heavy atom. The minimum atomic E-state index is -4.61. The minimum absolute atomic E-state index is 0.0735. The van der Waals surface area contributed by atoms with Gasteiger partial charge >= 0.3 is 6.18 Å². The van der Waals surface area contributed by atoms with Crippen molar-refractivity contribution in [2.75, 3.05) is 6.61 Å². The van der Waals surface area contributed by atoms with Gasteiger partial charge in [0.1, 0.15) is 11.4 Å². The number of alkyl halides is 3. The van der Waals surface area contributed by atoms with Crippen LogP contribution in [-0.2, 0) is 13.2 Å². The molecule has 130 valence electrons. The Kier molecular flexibility index (Phi) is 5.65. The first-order valence-corrected chi connectivity index (χ1v) is 8.23. The Balaban J connectivity index is 2.60. The summed E-state index contributed by atoms with van der Waals surface area (Å²) >= 11 is 9.48. The molecular formula is C16H14BrClF3NO2. The lowest BCUT2D eigenvalue weighted by atomic mass is 10.1. The summed E-state index contributed by atoms with van der Waals surface area (Å²) in [4.78, 5) is 12.4. The Labute approximate surface area is 150 Å². The van der Waals surface area contributed by atoms with Gasteiger partial charge in [-0.25, -0.2) is 0 Å². The number of hydrogen-bond acceptors (Lipinski definition) is 2. The van der Waals surface area contributed by atoms with E-state index in [0.717, 1.165) is 25.6 Å². The van der Waals surface area contributed by atoms with Crippen molar-refractivity contribution in [3.8, 4) is 16.9 Å². The van der Waals surface area contributed by atoms with Gasteiger partial charge in [0, 0.05) is 23.2 Å². The topological polar surface area (TPSA) is 31.2 Å². The second-order valence-corrected chi connectivity index (χ2v) is 6.37. The molecule has 0 aliphatic carbocycles. The predicted molar refractivity (Wildman–Crippen MR) is 90.6 cm³/mol. The molecule has 1 aromatic carbocycles. The third kappa shape index (κ3) is 3.78. The molecule has 8 heteroatoms. The van der Waals surface area contributed by atoms with Crippen LogP contribution in [0.1, 0.15) is 19.0 Å². The van der Waals surface area contributed by atoms with Gasteiger partial charge in [-0.1, -0.05) is 18.5 Å². The van der Waals surface area contributed by atoms with Crippen molar-refractivity contribution in [3.05, 3.63) is 49.8 Å². The molecule has 0 spiro atoms. The molecule has 1 heterocycles. The fourth-order valence-electron chi connectivity index (χ4n) is 2.18. The lowest BCUT2D eigenvalue weighted by molar-refractivity contribution is -0.143. The highest BCUT2D eigenvalue weighted by Gasteiger charge is 2.34. The quantitative estimate of drug-likeness (QED) is 0.669. The van der Waals surface area contributed by atoms with Gasteiger partial charge in [-0.3, -0.25) is 4.79 Å². The van der Waals surface area contributed by atoms with Gasteiger partial charge < -0.3 is 9.30 Å². The van der Waals surface area contributed by atoms with Crippen molar-refractivity contribution in [1.29, 1.82) is 0 Å². The van der Waals surface area contributed by atoms with Crippen LogP contribution in [0.3, 0.4) is 0 Å². The summed E-state index contributed by atoms with van der Waals surface area (Å²) in [6.07, 6.45) is -3.82. The van der Waals surface area contributed by atoms with E-state index in [1.807, 2.05) is 6.92 Å². The van der Waals surface area contributed by atoms with Crippen LogP contribution in [0.15, 0.2) is 33.5 Å². The second-order valence-electron chi connectivity index (χ2n) is 5.11. The lowest BCUT2D eigenvalue weighted by Crippen LogP contribution is -2.26. The number of benzene rings is 1. The molecule has 0 amide bonds. The molecule has 2 rings (SSSR count). The highest BCUT2D eigenvalue weighted by molar-refractivity contribution is 9.10. The first-order valence-electron chi connectivity index (χ1n) is 7.06. The Hall–Kier alpha value is -1.47. The number of ether oxygens (including phenoxy) is 1. The summed E-state index contributed by atoms with van der Waals surface area (Å²) in [5.41, 5.74) is -1.41. The zero-order valence-electron chi connectivity index (χ0n) is 12.9. The average molecular weight is 425 g/mol. The van der Waals surface area contributed by atoms with E-state index in [9.17, 15) is 18.0 Å². The molecule has 2 aromatic rings. The SMILES string of the molecule is CCCOc1cc(-c2ccc(C(F)(F)F)n(C)c2=O)c(Cl)cc1Br. The largest absolute Gasteiger partial charge is 0.492 e. The van der Waals surface area contributed by atoms with E-state index in [4.69, 9.17) is 16.3 Å². The molecular weight excluding hydrogens is 411 g/mol. The number of aromatic nitrogens is 1. The normalized spacial score (nSPS) is 11.6. The lowest BCUT2D eigenvalue weighted by Gasteiger charge is -2.15. The zero-order chi connectivity index (χ0) is 18.1. The van der Waals surface area contributed by atoms with E-state index < -0.39 is 17.4 Å². The average Bonchev–Trinajstić information content (AvgIpc) is 2.48. The van der Waals surface area contributed by atoms with Crippen molar-refractivity contribution in [2.24, 2.45) is 7.05 Å². The maximum absolute atomic E-state index is 12.9. The van der Waals surface area contributed by atoms with Crippen LogP contribution in [0.25, 0.3) is 11.1 Å². The molecule has 1 aromatic heterocycles. The molecule has 0 aliphatic heterocycles. The maximum Gasteiger partial charge on any atom is 0.431 e. The number of rotatable bonds is 4. The number of pyridine rings is 1. The van der Waals surface area contributed by atoms with Crippen molar-refractivity contribution in [1.82, 2.24) is 4.57 Å². The molecule has 0 saturated heterocycles. The van der Waals surface area contributed by atoms with E-state index in [1.165, 1.54) is 0 Å². The Bertz CT molecular complexity index is 818. The number of halogens is 5. The highest BCUT2D eigenvalue weighted by atomic mass is 79.9. The number of nitrogens with zero attached hydrogens (tertiary/aromatic N) is 1. The van der Waals surface area contributed by atoms with E-state index in [0.29, 0.717) is 27.0 Å². The third-order valence-electron chi connectivity index (χ3n) is 3.37. The van der Waals surface area contributed by atoms with Gasteiger partial charge in [0.25, 0.3) is 5.56 Å². The minimum Gasteiger partial charge on any atom is -0.492 e. The van der Waals surface area contributed by atoms with Gasteiger partial charge in [-0.05, 0) is 46.6 Å². The van der Waals surface area contributed by atoms with Gasteiger partial charge in [0.15, 0.2) is 0 Å². The standard InChI is InChI=1S/C16H14BrClF3NO2/c1-3-6-24-13-7-10(12(18)8-11(13)17)9-4-5-14(16(19,20)21)22(2)15(9)23/h4-5,7-8H,3,6H2,1-2H3. The summed E-state index contributed by atoms with van der Waals surface area (Å²) in [5, 5.41) is 0.239. The second kappa shape index (κ2) is 7.19. The molecule has 24 heavy (non-hydrogen) atoms. The fraction of sp³-hybridized carbons (Fsp3) is 0.312. The first-order chi connectivity index (χ1) is 11.2. The molecule has 0 N–H and O–H groups in total. The molecule has 0 radical (unpaired) electrons. The van der Waals surface area contributed by atoms with Crippen LogP contribution < -0.4 is 10.3 Å². The van der Waals surface area contributed by atoms with Gasteiger partial charge in [0.2, 0.25) is 0 Å². The summed E-state index contributed by atoms with van der Waals surface area (Å²) < 4.78 is 45.4. The van der Waals surface area contributed by atoms with Crippen LogP contribution in [-0.4, -0.2) is 11.2 Å². The third-order valence-corrected chi connectivity index (χ3v) is 4.30. The van der Waals surface area contributed by atoms with E-state index >= 15 is 0 Å². The summed E-state index contributed by atoms with van der Waals surface area (Å²) in [6, 6.07) is 5.09. The van der Waals surface area contributed by atoms with Crippen LogP contribution in [0.2, 0.25) is 5.02 Å². The highest BCUT2D eigenvalue weighted by Crippen LogP contribution is 2.37. The van der Waals surface area contributed by atoms with Crippen LogP contribution >= 0.6 is 27.5 Å². The Morgan fingerprint density at radius 2 is 1.92 bits per heavy atom. The van der Waals surface area contributed by atoms with E-state index in [1.54, 1.807) is 12.1 Å². The van der Waals surface area contributed by atoms with Gasteiger partial charge in [-0.15, -0.1) is 0 Å². The molecule has 0 aliphatic rings. The molecule has 0 atom stereocenters. The summed E-state index contributed by atoms with van der Waals surface area (Å²) in [7, 11) is 1.08. The van der Waals surface area contributed by atoms with Crippen LogP contribution in [0.4, 0.5) is 13.2 Å². The van der Waals surface area contributed by atoms with Crippen molar-refractivity contribution < 1.29 is 17.9 Å². The maximum atomic E-state index is 12.9. The molecule has 0 unspecified atom stereocenters. The summed E-state index contributed by atoms with van der Waals surface area (Å²) in [5.74, 6) is 0.471. The fourth-order valence-corrected chi connectivity index (χ4v) is 3.04. The van der Waals surface area contributed by atoms with Gasteiger partial charge in [-0.2, -0.15) is 13.2 Å².